The van der Waals surface area contributed by atoms with Gasteiger partial charge in [-0.15, -0.1) is 0 Å². The molecule has 0 saturated carbocycles. The van der Waals surface area contributed by atoms with Crippen LogP contribution in [0.3, 0.4) is 0 Å². The molecule has 0 amide bonds. The van der Waals surface area contributed by atoms with Crippen LogP contribution in [-0.4, -0.2) is 73.2 Å². The number of nitrogens with zero attached hydrogens (tertiary/aromatic N) is 4. The van der Waals surface area contributed by atoms with Gasteiger partial charge in [0.15, 0.2) is 0 Å². The molecule has 2 saturated heterocycles. The predicted octanol–water partition coefficient (Wildman–Crippen LogP) is 2.19. The van der Waals surface area contributed by atoms with E-state index in [-0.39, 0.29) is 5.66 Å². The summed E-state index contributed by atoms with van der Waals surface area (Å²) in [4.78, 5) is 11.4. The molecule has 3 rings (SSSR count). The van der Waals surface area contributed by atoms with Crippen LogP contribution in [0, 0.1) is 6.57 Å². The number of piperazine rings is 1. The molecule has 2 heterocycles. The Morgan fingerprint density at radius 3 is 2.26 bits per heavy atom. The molecule has 2 fully saturated rings. The number of likely N-dealkylation sites (tertiary alicyclic amines) is 1. The fourth-order valence-electron chi connectivity index (χ4n) is 3.79. The van der Waals surface area contributed by atoms with Gasteiger partial charge < -0.3 is 9.80 Å². The van der Waals surface area contributed by atoms with Crippen LogP contribution in [0.4, 0.5) is 0 Å². The van der Waals surface area contributed by atoms with E-state index in [0.717, 1.165) is 65.1 Å². The Labute approximate surface area is 140 Å². The third kappa shape index (κ3) is 3.92. The van der Waals surface area contributed by atoms with Gasteiger partial charge in [0, 0.05) is 45.8 Å². The zero-order valence-corrected chi connectivity index (χ0v) is 14.2. The fourth-order valence-corrected chi connectivity index (χ4v) is 3.79. The van der Waals surface area contributed by atoms with Gasteiger partial charge in [-0.05, 0) is 19.0 Å². The topological polar surface area (TPSA) is 14.1 Å². The Bertz CT molecular complexity index is 520. The SMILES string of the molecule is [C-]#[N+]C1(N2CCN(CCc3ccccc3)CC2)CCN(C)CC1. The van der Waals surface area contributed by atoms with E-state index in [9.17, 15) is 0 Å². The van der Waals surface area contributed by atoms with Gasteiger partial charge in [0.1, 0.15) is 0 Å². The highest BCUT2D eigenvalue weighted by atomic mass is 15.4. The monoisotopic (exact) mass is 312 g/mol. The molecule has 0 spiro atoms. The number of rotatable bonds is 4. The molecule has 0 aliphatic carbocycles. The predicted molar refractivity (Wildman–Crippen MR) is 94.2 cm³/mol. The summed E-state index contributed by atoms with van der Waals surface area (Å²) in [5, 5.41) is 0. The third-order valence-electron chi connectivity index (χ3n) is 5.52. The van der Waals surface area contributed by atoms with Crippen LogP contribution in [-0.2, 0) is 6.42 Å². The summed E-state index contributed by atoms with van der Waals surface area (Å²) >= 11 is 0. The normalized spacial score (nSPS) is 23.5. The van der Waals surface area contributed by atoms with Crippen LogP contribution in [0.15, 0.2) is 30.3 Å². The second kappa shape index (κ2) is 7.44. The van der Waals surface area contributed by atoms with Crippen LogP contribution in [0.1, 0.15) is 18.4 Å². The molecule has 4 heteroatoms. The van der Waals surface area contributed by atoms with Crippen molar-refractivity contribution in [3.8, 4) is 0 Å². The molecule has 124 valence electrons. The molecule has 2 aliphatic rings. The summed E-state index contributed by atoms with van der Waals surface area (Å²) < 4.78 is 0. The lowest BCUT2D eigenvalue weighted by molar-refractivity contribution is 0.0210. The maximum absolute atomic E-state index is 7.74. The Kier molecular flexibility index (Phi) is 5.32. The maximum Gasteiger partial charge on any atom is 0.291 e. The summed E-state index contributed by atoms with van der Waals surface area (Å²) in [6.45, 7) is 15.3. The largest absolute Gasteiger partial charge is 0.306 e. The highest BCUT2D eigenvalue weighted by Crippen LogP contribution is 2.31. The van der Waals surface area contributed by atoms with E-state index in [4.69, 9.17) is 6.57 Å². The van der Waals surface area contributed by atoms with Gasteiger partial charge >= 0.3 is 0 Å². The van der Waals surface area contributed by atoms with Gasteiger partial charge in [-0.3, -0.25) is 4.85 Å². The van der Waals surface area contributed by atoms with E-state index in [2.05, 4.69) is 56.9 Å². The van der Waals surface area contributed by atoms with Gasteiger partial charge in [0.25, 0.3) is 5.66 Å². The molecule has 0 unspecified atom stereocenters. The molecule has 0 N–H and O–H groups in total. The lowest BCUT2D eigenvalue weighted by atomic mass is 9.95. The zero-order chi connectivity index (χ0) is 16.1. The Hall–Kier alpha value is -1.41. The molecule has 0 bridgehead atoms. The Morgan fingerprint density at radius 1 is 1.00 bits per heavy atom. The van der Waals surface area contributed by atoms with Crippen LogP contribution >= 0.6 is 0 Å². The Balaban J connectivity index is 1.49. The van der Waals surface area contributed by atoms with Crippen molar-refractivity contribution in [2.24, 2.45) is 0 Å². The van der Waals surface area contributed by atoms with Crippen molar-refractivity contribution in [2.75, 3.05) is 52.9 Å². The third-order valence-corrected chi connectivity index (χ3v) is 5.52. The minimum atomic E-state index is -0.224. The molecule has 1 aromatic carbocycles. The van der Waals surface area contributed by atoms with Gasteiger partial charge in [0.2, 0.25) is 0 Å². The highest BCUT2D eigenvalue weighted by Gasteiger charge is 2.46. The van der Waals surface area contributed by atoms with Crippen LogP contribution in [0.25, 0.3) is 4.85 Å². The van der Waals surface area contributed by atoms with Crippen molar-refractivity contribution in [1.82, 2.24) is 14.7 Å². The van der Waals surface area contributed by atoms with E-state index in [1.54, 1.807) is 0 Å². The summed E-state index contributed by atoms with van der Waals surface area (Å²) in [5.41, 5.74) is 1.20. The van der Waals surface area contributed by atoms with Crippen molar-refractivity contribution >= 4 is 0 Å². The number of hydrogen-bond donors (Lipinski definition) is 0. The van der Waals surface area contributed by atoms with Crippen molar-refractivity contribution < 1.29 is 0 Å². The van der Waals surface area contributed by atoms with Crippen LogP contribution in [0.5, 0.6) is 0 Å². The molecular formula is C19H28N4. The lowest BCUT2D eigenvalue weighted by Crippen LogP contribution is -2.59. The minimum absolute atomic E-state index is 0.224. The molecule has 2 aliphatic heterocycles. The first-order valence-electron chi connectivity index (χ1n) is 8.80. The summed E-state index contributed by atoms with van der Waals surface area (Å²) in [7, 11) is 2.16. The van der Waals surface area contributed by atoms with E-state index in [1.807, 2.05) is 0 Å². The summed E-state index contributed by atoms with van der Waals surface area (Å²) in [5.74, 6) is 0. The highest BCUT2D eigenvalue weighted by molar-refractivity contribution is 5.15. The number of benzene rings is 1. The fraction of sp³-hybridized carbons (Fsp3) is 0.632. The first-order valence-corrected chi connectivity index (χ1v) is 8.80. The molecule has 0 aromatic heterocycles. The van der Waals surface area contributed by atoms with Gasteiger partial charge in [-0.1, -0.05) is 30.3 Å². The Morgan fingerprint density at radius 2 is 1.65 bits per heavy atom. The summed E-state index contributed by atoms with van der Waals surface area (Å²) in [6, 6.07) is 10.7. The average molecular weight is 312 g/mol. The first-order chi connectivity index (χ1) is 11.2. The quantitative estimate of drug-likeness (QED) is 0.792. The molecule has 23 heavy (non-hydrogen) atoms. The van der Waals surface area contributed by atoms with E-state index in [1.165, 1.54) is 5.56 Å². The number of hydrogen-bond acceptors (Lipinski definition) is 3. The van der Waals surface area contributed by atoms with Crippen molar-refractivity contribution in [3.05, 3.63) is 47.3 Å². The van der Waals surface area contributed by atoms with Crippen molar-refractivity contribution in [1.29, 1.82) is 0 Å². The minimum Gasteiger partial charge on any atom is -0.306 e. The maximum atomic E-state index is 7.74. The van der Waals surface area contributed by atoms with E-state index in [0.29, 0.717) is 0 Å². The molecule has 4 nitrogen and oxygen atoms in total. The van der Waals surface area contributed by atoms with Gasteiger partial charge in [-0.25, -0.2) is 11.5 Å². The van der Waals surface area contributed by atoms with E-state index < -0.39 is 0 Å². The lowest BCUT2D eigenvalue weighted by Gasteiger charge is -2.43. The van der Waals surface area contributed by atoms with Crippen LogP contribution < -0.4 is 0 Å². The van der Waals surface area contributed by atoms with Crippen molar-refractivity contribution in [2.45, 2.75) is 24.9 Å². The zero-order valence-electron chi connectivity index (χ0n) is 14.2. The molecule has 0 radical (unpaired) electrons. The molecule has 1 aromatic rings. The second-order valence-electron chi connectivity index (χ2n) is 6.96. The number of piperidine rings is 1. The second-order valence-corrected chi connectivity index (χ2v) is 6.96. The standard InChI is InChI=1S/C19H28N4/c1-20-19(9-12-21(2)13-10-19)23-16-14-22(15-17-23)11-8-18-6-4-3-5-7-18/h3-7H,8-17H2,2H3. The van der Waals surface area contributed by atoms with Gasteiger partial charge in [-0.2, -0.15) is 0 Å². The van der Waals surface area contributed by atoms with E-state index >= 15 is 0 Å². The van der Waals surface area contributed by atoms with Crippen molar-refractivity contribution in [3.63, 3.8) is 0 Å². The molecular weight excluding hydrogens is 284 g/mol. The smallest absolute Gasteiger partial charge is 0.291 e. The summed E-state index contributed by atoms with van der Waals surface area (Å²) in [6.07, 6.45) is 3.12. The first kappa shape index (κ1) is 16.4. The average Bonchev–Trinajstić information content (AvgIpc) is 2.62. The van der Waals surface area contributed by atoms with Gasteiger partial charge in [0.05, 0.1) is 12.8 Å². The van der Waals surface area contributed by atoms with Crippen LogP contribution in [0.2, 0.25) is 0 Å². The molecule has 0 atom stereocenters.